The van der Waals surface area contributed by atoms with Gasteiger partial charge >= 0.3 is 0 Å². The molecule has 0 radical (unpaired) electrons. The lowest BCUT2D eigenvalue weighted by Gasteiger charge is -2.31. The van der Waals surface area contributed by atoms with Crippen molar-refractivity contribution in [3.8, 4) is 0 Å². The van der Waals surface area contributed by atoms with Gasteiger partial charge in [0.25, 0.3) is 0 Å². The highest BCUT2D eigenvalue weighted by Gasteiger charge is 2.37. The normalized spacial score (nSPS) is 20.5. The van der Waals surface area contributed by atoms with Gasteiger partial charge in [-0.25, -0.2) is 0 Å². The number of rotatable bonds is 8. The minimum absolute atomic E-state index is 0.350. The number of hydrogen-bond donors (Lipinski definition) is 0. The van der Waals surface area contributed by atoms with Crippen molar-refractivity contribution in [3.63, 3.8) is 0 Å². The molecule has 1 aromatic rings. The van der Waals surface area contributed by atoms with Crippen LogP contribution in [0, 0.1) is 17.8 Å². The van der Waals surface area contributed by atoms with Crippen LogP contribution >= 0.6 is 0 Å². The maximum atomic E-state index is 12.6. The highest BCUT2D eigenvalue weighted by molar-refractivity contribution is 5.81. The molecule has 2 heteroatoms. The van der Waals surface area contributed by atoms with Gasteiger partial charge in [0.05, 0.1) is 0 Å². The Morgan fingerprint density at radius 2 is 1.86 bits per heavy atom. The van der Waals surface area contributed by atoms with Crippen LogP contribution in [0.2, 0.25) is 0 Å². The SMILES string of the molecule is CCC(CN(CC1CC1)C(=O)C1CC1)C(C)c1ccccc1. The van der Waals surface area contributed by atoms with Crippen molar-refractivity contribution in [2.75, 3.05) is 13.1 Å². The Morgan fingerprint density at radius 3 is 2.41 bits per heavy atom. The van der Waals surface area contributed by atoms with E-state index in [1.807, 2.05) is 0 Å². The van der Waals surface area contributed by atoms with E-state index in [1.54, 1.807) is 0 Å². The quantitative estimate of drug-likeness (QED) is 0.694. The monoisotopic (exact) mass is 299 g/mol. The topological polar surface area (TPSA) is 20.3 Å². The van der Waals surface area contributed by atoms with Gasteiger partial charge in [0.2, 0.25) is 5.91 Å². The smallest absolute Gasteiger partial charge is 0.225 e. The minimum atomic E-state index is 0.350. The summed E-state index contributed by atoms with van der Waals surface area (Å²) in [5, 5.41) is 0. The summed E-state index contributed by atoms with van der Waals surface area (Å²) >= 11 is 0. The Bertz CT molecular complexity index is 490. The van der Waals surface area contributed by atoms with Crippen molar-refractivity contribution in [1.29, 1.82) is 0 Å². The van der Waals surface area contributed by atoms with Crippen molar-refractivity contribution in [1.82, 2.24) is 4.90 Å². The molecule has 2 atom stereocenters. The Labute approximate surface area is 134 Å². The summed E-state index contributed by atoms with van der Waals surface area (Å²) < 4.78 is 0. The van der Waals surface area contributed by atoms with Crippen LogP contribution in [-0.4, -0.2) is 23.9 Å². The van der Waals surface area contributed by atoms with Crippen molar-refractivity contribution in [3.05, 3.63) is 35.9 Å². The van der Waals surface area contributed by atoms with Crippen LogP contribution in [0.4, 0.5) is 0 Å². The second-order valence-electron chi connectivity index (χ2n) is 7.33. The van der Waals surface area contributed by atoms with E-state index in [0.717, 1.165) is 38.3 Å². The van der Waals surface area contributed by atoms with Gasteiger partial charge < -0.3 is 4.90 Å². The van der Waals surface area contributed by atoms with E-state index >= 15 is 0 Å². The van der Waals surface area contributed by atoms with Crippen LogP contribution in [0.15, 0.2) is 30.3 Å². The van der Waals surface area contributed by atoms with E-state index in [0.29, 0.717) is 23.7 Å². The number of hydrogen-bond acceptors (Lipinski definition) is 1. The van der Waals surface area contributed by atoms with Gasteiger partial charge in [0.15, 0.2) is 0 Å². The van der Waals surface area contributed by atoms with E-state index in [2.05, 4.69) is 49.1 Å². The standard InChI is InChI=1S/C20H29NO/c1-3-17(15(2)18-7-5-4-6-8-18)14-21(13-16-9-10-16)20(22)19-11-12-19/h4-8,15-17,19H,3,9-14H2,1-2H3. The summed E-state index contributed by atoms with van der Waals surface area (Å²) in [5.41, 5.74) is 1.40. The highest BCUT2D eigenvalue weighted by Crippen LogP contribution is 2.36. The summed E-state index contributed by atoms with van der Waals surface area (Å²) in [6.07, 6.45) is 6.00. The Morgan fingerprint density at radius 1 is 1.18 bits per heavy atom. The lowest BCUT2D eigenvalue weighted by atomic mass is 9.85. The molecule has 0 aromatic heterocycles. The van der Waals surface area contributed by atoms with Gasteiger partial charge in [0, 0.05) is 19.0 Å². The molecule has 0 saturated heterocycles. The van der Waals surface area contributed by atoms with Crippen LogP contribution in [-0.2, 0) is 4.79 Å². The molecule has 2 fully saturated rings. The van der Waals surface area contributed by atoms with Crippen LogP contribution in [0.25, 0.3) is 0 Å². The summed E-state index contributed by atoms with van der Waals surface area (Å²) in [5.74, 6) is 2.64. The first-order valence-corrected chi connectivity index (χ1v) is 9.02. The molecule has 1 amide bonds. The van der Waals surface area contributed by atoms with Crippen LogP contribution in [0.1, 0.15) is 57.4 Å². The highest BCUT2D eigenvalue weighted by atomic mass is 16.2. The Hall–Kier alpha value is -1.31. The van der Waals surface area contributed by atoms with E-state index in [4.69, 9.17) is 0 Å². The van der Waals surface area contributed by atoms with Gasteiger partial charge in [0.1, 0.15) is 0 Å². The number of carbonyl (C=O) groups excluding carboxylic acids is 1. The fourth-order valence-electron chi connectivity index (χ4n) is 3.41. The molecule has 0 N–H and O–H groups in total. The third kappa shape index (κ3) is 3.91. The fraction of sp³-hybridized carbons (Fsp3) is 0.650. The maximum absolute atomic E-state index is 12.6. The molecule has 1 aromatic carbocycles. The zero-order valence-electron chi connectivity index (χ0n) is 14.0. The average molecular weight is 299 g/mol. The number of benzene rings is 1. The summed E-state index contributed by atoms with van der Waals surface area (Å²) in [4.78, 5) is 14.8. The van der Waals surface area contributed by atoms with Crippen LogP contribution < -0.4 is 0 Å². The molecular formula is C20H29NO. The molecule has 0 aliphatic heterocycles. The first kappa shape index (κ1) is 15.6. The van der Waals surface area contributed by atoms with E-state index in [-0.39, 0.29) is 0 Å². The first-order valence-electron chi connectivity index (χ1n) is 9.02. The second-order valence-corrected chi connectivity index (χ2v) is 7.33. The molecule has 2 aliphatic carbocycles. The zero-order chi connectivity index (χ0) is 15.5. The van der Waals surface area contributed by atoms with Gasteiger partial charge in [-0.05, 0) is 49.0 Å². The second kappa shape index (κ2) is 6.85. The molecule has 0 spiro atoms. The van der Waals surface area contributed by atoms with E-state index in [1.165, 1.54) is 18.4 Å². The Kier molecular flexibility index (Phi) is 4.85. The van der Waals surface area contributed by atoms with Crippen molar-refractivity contribution >= 4 is 5.91 Å². The fourth-order valence-corrected chi connectivity index (χ4v) is 3.41. The van der Waals surface area contributed by atoms with Crippen molar-refractivity contribution in [2.24, 2.45) is 17.8 Å². The molecule has 120 valence electrons. The minimum Gasteiger partial charge on any atom is -0.342 e. The molecule has 22 heavy (non-hydrogen) atoms. The third-order valence-corrected chi connectivity index (χ3v) is 5.43. The zero-order valence-corrected chi connectivity index (χ0v) is 14.0. The number of nitrogens with zero attached hydrogens (tertiary/aromatic N) is 1. The van der Waals surface area contributed by atoms with Crippen molar-refractivity contribution in [2.45, 2.75) is 51.9 Å². The largest absolute Gasteiger partial charge is 0.342 e. The molecule has 2 nitrogen and oxygen atoms in total. The number of carbonyl (C=O) groups is 1. The molecule has 2 unspecified atom stereocenters. The third-order valence-electron chi connectivity index (χ3n) is 5.43. The summed E-state index contributed by atoms with van der Waals surface area (Å²) in [6, 6.07) is 10.8. The molecule has 2 saturated carbocycles. The molecule has 0 heterocycles. The van der Waals surface area contributed by atoms with Gasteiger partial charge in [-0.2, -0.15) is 0 Å². The van der Waals surface area contributed by atoms with Gasteiger partial charge in [-0.1, -0.05) is 50.6 Å². The lowest BCUT2D eigenvalue weighted by Crippen LogP contribution is -2.39. The van der Waals surface area contributed by atoms with E-state index < -0.39 is 0 Å². The Balaban J connectivity index is 1.66. The van der Waals surface area contributed by atoms with Crippen molar-refractivity contribution < 1.29 is 4.79 Å². The van der Waals surface area contributed by atoms with E-state index in [9.17, 15) is 4.79 Å². The predicted octanol–water partition coefficient (Wildman–Crippen LogP) is 4.46. The van der Waals surface area contributed by atoms with Gasteiger partial charge in [-0.3, -0.25) is 4.79 Å². The molecular weight excluding hydrogens is 270 g/mol. The van der Waals surface area contributed by atoms with Crippen LogP contribution in [0.5, 0.6) is 0 Å². The number of amides is 1. The molecule has 2 aliphatic rings. The average Bonchev–Trinajstić information content (AvgIpc) is 3.44. The van der Waals surface area contributed by atoms with Gasteiger partial charge in [-0.15, -0.1) is 0 Å². The maximum Gasteiger partial charge on any atom is 0.225 e. The molecule has 0 bridgehead atoms. The molecule has 3 rings (SSSR count). The predicted molar refractivity (Wildman–Crippen MR) is 90.7 cm³/mol. The first-order chi connectivity index (χ1) is 10.7. The lowest BCUT2D eigenvalue weighted by molar-refractivity contribution is -0.133. The summed E-state index contributed by atoms with van der Waals surface area (Å²) in [7, 11) is 0. The summed E-state index contributed by atoms with van der Waals surface area (Å²) in [6.45, 7) is 6.53. The van der Waals surface area contributed by atoms with Crippen LogP contribution in [0.3, 0.4) is 0 Å².